The highest BCUT2D eigenvalue weighted by Gasteiger charge is 2.08. The lowest BCUT2D eigenvalue weighted by atomic mass is 10.0. The third kappa shape index (κ3) is 4.57. The van der Waals surface area contributed by atoms with Crippen LogP contribution in [0.3, 0.4) is 0 Å². The molecule has 3 heteroatoms. The lowest BCUT2D eigenvalue weighted by molar-refractivity contribution is -0.118. The second kappa shape index (κ2) is 7.07. The SMILES string of the molecule is CCNCCC(=O)Cc1cc(C)ccc1OC. The quantitative estimate of drug-likeness (QED) is 0.736. The molecule has 0 aliphatic carbocycles. The average Bonchev–Trinajstić information content (AvgIpc) is 2.29. The molecule has 0 aliphatic rings. The van der Waals surface area contributed by atoms with E-state index in [0.29, 0.717) is 12.8 Å². The second-order valence-corrected chi connectivity index (χ2v) is 4.13. The van der Waals surface area contributed by atoms with Crippen molar-refractivity contribution in [1.29, 1.82) is 0 Å². The van der Waals surface area contributed by atoms with Gasteiger partial charge in [0.05, 0.1) is 7.11 Å². The molecule has 1 aromatic rings. The Morgan fingerprint density at radius 3 is 2.82 bits per heavy atom. The summed E-state index contributed by atoms with van der Waals surface area (Å²) in [5.74, 6) is 1.04. The predicted octanol–water partition coefficient (Wildman–Crippen LogP) is 2.11. The molecule has 0 aromatic heterocycles. The lowest BCUT2D eigenvalue weighted by Gasteiger charge is -2.09. The van der Waals surface area contributed by atoms with Crippen LogP contribution >= 0.6 is 0 Å². The number of Topliss-reactive ketones (excluding diaryl/α,β-unsaturated/α-hetero) is 1. The summed E-state index contributed by atoms with van der Waals surface area (Å²) >= 11 is 0. The van der Waals surface area contributed by atoms with Crippen LogP contribution in [-0.2, 0) is 11.2 Å². The molecule has 1 N–H and O–H groups in total. The van der Waals surface area contributed by atoms with Gasteiger partial charge in [-0.2, -0.15) is 0 Å². The Kier molecular flexibility index (Phi) is 5.70. The maximum absolute atomic E-state index is 11.8. The van der Waals surface area contributed by atoms with Crippen molar-refractivity contribution in [2.24, 2.45) is 0 Å². The number of carbonyl (C=O) groups excluding carboxylic acids is 1. The highest BCUT2D eigenvalue weighted by Crippen LogP contribution is 2.20. The summed E-state index contributed by atoms with van der Waals surface area (Å²) in [6.45, 7) is 5.71. The Bertz CT molecular complexity index is 374. The molecular formula is C14H21NO2. The van der Waals surface area contributed by atoms with Gasteiger partial charge in [-0.15, -0.1) is 0 Å². The average molecular weight is 235 g/mol. The number of carbonyl (C=O) groups is 1. The number of benzene rings is 1. The molecule has 0 aliphatic heterocycles. The van der Waals surface area contributed by atoms with Crippen LogP contribution in [0.15, 0.2) is 18.2 Å². The number of methoxy groups -OCH3 is 1. The van der Waals surface area contributed by atoms with Gasteiger partial charge >= 0.3 is 0 Å². The van der Waals surface area contributed by atoms with Crippen molar-refractivity contribution in [2.75, 3.05) is 20.2 Å². The summed E-state index contributed by atoms with van der Waals surface area (Å²) in [4.78, 5) is 11.8. The summed E-state index contributed by atoms with van der Waals surface area (Å²) < 4.78 is 5.26. The minimum absolute atomic E-state index is 0.245. The first-order valence-electron chi connectivity index (χ1n) is 6.03. The number of aryl methyl sites for hydroxylation is 1. The van der Waals surface area contributed by atoms with Gasteiger partial charge in [0, 0.05) is 24.9 Å². The molecule has 0 fully saturated rings. The first kappa shape index (κ1) is 13.7. The fourth-order valence-corrected chi connectivity index (χ4v) is 1.75. The van der Waals surface area contributed by atoms with Crippen molar-refractivity contribution in [3.05, 3.63) is 29.3 Å². The molecule has 1 aromatic carbocycles. The number of hydrogen-bond donors (Lipinski definition) is 1. The first-order chi connectivity index (χ1) is 8.17. The Morgan fingerprint density at radius 2 is 2.18 bits per heavy atom. The molecule has 0 heterocycles. The minimum Gasteiger partial charge on any atom is -0.496 e. The van der Waals surface area contributed by atoms with Crippen molar-refractivity contribution in [3.63, 3.8) is 0 Å². The molecule has 0 bridgehead atoms. The van der Waals surface area contributed by atoms with Crippen LogP contribution < -0.4 is 10.1 Å². The van der Waals surface area contributed by atoms with E-state index in [-0.39, 0.29) is 5.78 Å². The summed E-state index contributed by atoms with van der Waals surface area (Å²) in [6, 6.07) is 5.93. The normalized spacial score (nSPS) is 10.3. The zero-order valence-corrected chi connectivity index (χ0v) is 10.9. The summed E-state index contributed by atoms with van der Waals surface area (Å²) in [7, 11) is 1.64. The Balaban J connectivity index is 2.60. The van der Waals surface area contributed by atoms with Gasteiger partial charge in [-0.3, -0.25) is 4.79 Å². The van der Waals surface area contributed by atoms with Crippen LogP contribution in [0.25, 0.3) is 0 Å². The highest BCUT2D eigenvalue weighted by molar-refractivity contribution is 5.81. The number of ether oxygens (including phenoxy) is 1. The van der Waals surface area contributed by atoms with E-state index in [9.17, 15) is 4.79 Å². The number of hydrogen-bond acceptors (Lipinski definition) is 3. The van der Waals surface area contributed by atoms with Gasteiger partial charge in [-0.1, -0.05) is 24.6 Å². The lowest BCUT2D eigenvalue weighted by Crippen LogP contribution is -2.18. The fourth-order valence-electron chi connectivity index (χ4n) is 1.75. The molecular weight excluding hydrogens is 214 g/mol. The van der Waals surface area contributed by atoms with E-state index in [2.05, 4.69) is 5.32 Å². The first-order valence-corrected chi connectivity index (χ1v) is 6.03. The van der Waals surface area contributed by atoms with Crippen LogP contribution in [0.2, 0.25) is 0 Å². The Labute approximate surface area is 103 Å². The number of ketones is 1. The molecule has 3 nitrogen and oxygen atoms in total. The van der Waals surface area contributed by atoms with Crippen LogP contribution in [0.4, 0.5) is 0 Å². The summed E-state index contributed by atoms with van der Waals surface area (Å²) in [5.41, 5.74) is 2.13. The molecule has 0 amide bonds. The number of nitrogens with one attached hydrogen (secondary N) is 1. The van der Waals surface area contributed by atoms with Gasteiger partial charge in [0.1, 0.15) is 11.5 Å². The van der Waals surface area contributed by atoms with E-state index in [4.69, 9.17) is 4.74 Å². The molecule has 0 saturated heterocycles. The molecule has 0 saturated carbocycles. The van der Waals surface area contributed by atoms with Gasteiger partial charge < -0.3 is 10.1 Å². The molecule has 17 heavy (non-hydrogen) atoms. The maximum atomic E-state index is 11.8. The van der Waals surface area contributed by atoms with Crippen molar-refractivity contribution in [3.8, 4) is 5.75 Å². The van der Waals surface area contributed by atoms with E-state index >= 15 is 0 Å². The minimum atomic E-state index is 0.245. The van der Waals surface area contributed by atoms with Crippen LogP contribution in [0.5, 0.6) is 5.75 Å². The molecule has 94 valence electrons. The number of rotatable bonds is 7. The summed E-state index contributed by atoms with van der Waals surface area (Å²) in [5, 5.41) is 3.15. The van der Waals surface area contributed by atoms with Gasteiger partial charge in [-0.05, 0) is 19.5 Å². The van der Waals surface area contributed by atoms with E-state index in [1.807, 2.05) is 32.0 Å². The Hall–Kier alpha value is -1.35. The van der Waals surface area contributed by atoms with Crippen molar-refractivity contribution in [2.45, 2.75) is 26.7 Å². The van der Waals surface area contributed by atoms with E-state index in [1.165, 1.54) is 0 Å². The standard InChI is InChI=1S/C14H21NO2/c1-4-15-8-7-13(16)10-12-9-11(2)5-6-14(12)17-3/h5-6,9,15H,4,7-8,10H2,1-3H3. The van der Waals surface area contributed by atoms with Crippen LogP contribution in [0.1, 0.15) is 24.5 Å². The van der Waals surface area contributed by atoms with E-state index in [1.54, 1.807) is 7.11 Å². The van der Waals surface area contributed by atoms with Gasteiger partial charge in [-0.25, -0.2) is 0 Å². The molecule has 1 rings (SSSR count). The maximum Gasteiger partial charge on any atom is 0.138 e. The largest absolute Gasteiger partial charge is 0.496 e. The third-order valence-corrected chi connectivity index (χ3v) is 2.65. The third-order valence-electron chi connectivity index (χ3n) is 2.65. The van der Waals surface area contributed by atoms with Gasteiger partial charge in [0.2, 0.25) is 0 Å². The topological polar surface area (TPSA) is 38.3 Å². The van der Waals surface area contributed by atoms with Gasteiger partial charge in [0.15, 0.2) is 0 Å². The molecule has 0 atom stereocenters. The molecule has 0 spiro atoms. The second-order valence-electron chi connectivity index (χ2n) is 4.13. The summed E-state index contributed by atoms with van der Waals surface area (Å²) in [6.07, 6.45) is 1.03. The Morgan fingerprint density at radius 1 is 1.41 bits per heavy atom. The van der Waals surface area contributed by atoms with Crippen molar-refractivity contribution < 1.29 is 9.53 Å². The van der Waals surface area contributed by atoms with E-state index in [0.717, 1.165) is 30.0 Å². The van der Waals surface area contributed by atoms with Crippen LogP contribution in [0, 0.1) is 6.92 Å². The van der Waals surface area contributed by atoms with Crippen molar-refractivity contribution in [1.82, 2.24) is 5.32 Å². The molecule has 0 radical (unpaired) electrons. The smallest absolute Gasteiger partial charge is 0.138 e. The van der Waals surface area contributed by atoms with Crippen LogP contribution in [-0.4, -0.2) is 26.0 Å². The zero-order valence-electron chi connectivity index (χ0n) is 10.9. The fraction of sp³-hybridized carbons (Fsp3) is 0.500. The van der Waals surface area contributed by atoms with Crippen molar-refractivity contribution >= 4 is 5.78 Å². The predicted molar refractivity (Wildman–Crippen MR) is 69.6 cm³/mol. The highest BCUT2D eigenvalue weighted by atomic mass is 16.5. The molecule has 0 unspecified atom stereocenters. The zero-order chi connectivity index (χ0) is 12.7. The van der Waals surface area contributed by atoms with Gasteiger partial charge in [0.25, 0.3) is 0 Å². The monoisotopic (exact) mass is 235 g/mol. The van der Waals surface area contributed by atoms with E-state index < -0.39 is 0 Å².